The van der Waals surface area contributed by atoms with Gasteiger partial charge in [-0.3, -0.25) is 9.48 Å². The number of nitrogens with one attached hydrogen (secondary N) is 2. The molecule has 2 unspecified atom stereocenters. The predicted octanol–water partition coefficient (Wildman–Crippen LogP) is 0.608. The van der Waals surface area contributed by atoms with Crippen molar-refractivity contribution < 1.29 is 9.53 Å². The second-order valence-electron chi connectivity index (χ2n) is 4.59. The van der Waals surface area contributed by atoms with E-state index in [9.17, 15) is 4.79 Å². The Hall–Kier alpha value is -1.40. The summed E-state index contributed by atoms with van der Waals surface area (Å²) in [5, 5.41) is 9.92. The third kappa shape index (κ3) is 3.30. The van der Waals surface area contributed by atoms with Crippen molar-refractivity contribution in [1.82, 2.24) is 15.1 Å². The molecule has 2 heterocycles. The van der Waals surface area contributed by atoms with Crippen molar-refractivity contribution in [1.29, 1.82) is 0 Å². The summed E-state index contributed by atoms with van der Waals surface area (Å²) >= 11 is 0. The Labute approximate surface area is 107 Å². The molecule has 1 aliphatic heterocycles. The highest BCUT2D eigenvalue weighted by Crippen LogP contribution is 2.14. The van der Waals surface area contributed by atoms with Crippen LogP contribution in [0.2, 0.25) is 0 Å². The minimum absolute atomic E-state index is 0.0610. The maximum Gasteiger partial charge on any atom is 0.241 e. The number of hydrogen-bond donors (Lipinski definition) is 2. The molecule has 6 nitrogen and oxygen atoms in total. The lowest BCUT2D eigenvalue weighted by Crippen LogP contribution is -2.35. The van der Waals surface area contributed by atoms with Crippen LogP contribution >= 0.6 is 0 Å². The summed E-state index contributed by atoms with van der Waals surface area (Å²) < 4.78 is 7.36. The Balaban J connectivity index is 1.87. The smallest absolute Gasteiger partial charge is 0.241 e. The van der Waals surface area contributed by atoms with Gasteiger partial charge in [-0.15, -0.1) is 0 Å². The van der Waals surface area contributed by atoms with Gasteiger partial charge in [0.25, 0.3) is 0 Å². The Kier molecular flexibility index (Phi) is 4.33. The van der Waals surface area contributed by atoms with Gasteiger partial charge in [0.2, 0.25) is 5.91 Å². The Morgan fingerprint density at radius 2 is 2.56 bits per heavy atom. The number of hydrogen-bond acceptors (Lipinski definition) is 4. The van der Waals surface area contributed by atoms with E-state index >= 15 is 0 Å². The zero-order valence-corrected chi connectivity index (χ0v) is 10.8. The first-order chi connectivity index (χ1) is 8.69. The monoisotopic (exact) mass is 252 g/mol. The van der Waals surface area contributed by atoms with Gasteiger partial charge in [0.15, 0.2) is 0 Å². The number of rotatable bonds is 5. The molecular formula is C12H20N4O2. The van der Waals surface area contributed by atoms with E-state index in [-0.39, 0.29) is 18.1 Å². The topological polar surface area (TPSA) is 68.2 Å². The van der Waals surface area contributed by atoms with Gasteiger partial charge < -0.3 is 15.4 Å². The molecule has 0 aromatic carbocycles. The molecule has 1 aliphatic rings. The molecule has 0 saturated carbocycles. The maximum atomic E-state index is 11.7. The molecule has 100 valence electrons. The zero-order chi connectivity index (χ0) is 13.0. The van der Waals surface area contributed by atoms with Crippen molar-refractivity contribution in [2.24, 2.45) is 0 Å². The molecule has 0 spiro atoms. The highest BCUT2D eigenvalue weighted by atomic mass is 16.5. The van der Waals surface area contributed by atoms with Crippen LogP contribution in [0.3, 0.4) is 0 Å². The molecular weight excluding hydrogens is 232 g/mol. The lowest BCUT2D eigenvalue weighted by atomic mass is 10.2. The van der Waals surface area contributed by atoms with E-state index in [1.165, 1.54) is 0 Å². The minimum Gasteiger partial charge on any atom is -0.376 e. The number of anilines is 1. The SMILES string of the molecule is CNC(C)C(=O)Nc1cnn(CC2CCCO2)c1. The first kappa shape index (κ1) is 13.0. The summed E-state index contributed by atoms with van der Waals surface area (Å²) in [5.74, 6) is -0.0610. The van der Waals surface area contributed by atoms with Crippen LogP contribution in [-0.2, 0) is 16.1 Å². The summed E-state index contributed by atoms with van der Waals surface area (Å²) in [7, 11) is 1.76. The number of ether oxygens (including phenoxy) is 1. The molecule has 1 saturated heterocycles. The van der Waals surface area contributed by atoms with Gasteiger partial charge in [0.05, 0.1) is 30.6 Å². The fourth-order valence-electron chi connectivity index (χ4n) is 1.91. The van der Waals surface area contributed by atoms with Crippen molar-refractivity contribution in [2.75, 3.05) is 19.0 Å². The average molecular weight is 252 g/mol. The molecule has 1 fully saturated rings. The summed E-state index contributed by atoms with van der Waals surface area (Å²) in [5.41, 5.74) is 0.722. The van der Waals surface area contributed by atoms with Crippen LogP contribution in [0, 0.1) is 0 Å². The van der Waals surface area contributed by atoms with Gasteiger partial charge >= 0.3 is 0 Å². The minimum atomic E-state index is -0.216. The molecule has 1 amide bonds. The van der Waals surface area contributed by atoms with E-state index in [1.54, 1.807) is 13.2 Å². The van der Waals surface area contributed by atoms with Gasteiger partial charge in [-0.25, -0.2) is 0 Å². The second kappa shape index (κ2) is 5.97. The zero-order valence-electron chi connectivity index (χ0n) is 10.8. The molecule has 0 aliphatic carbocycles. The summed E-state index contributed by atoms with van der Waals surface area (Å²) in [6.07, 6.45) is 5.95. The van der Waals surface area contributed by atoms with Crippen molar-refractivity contribution in [2.45, 2.75) is 38.5 Å². The van der Waals surface area contributed by atoms with E-state index < -0.39 is 0 Å². The van der Waals surface area contributed by atoms with E-state index in [0.717, 1.165) is 31.7 Å². The van der Waals surface area contributed by atoms with Gasteiger partial charge in [-0.2, -0.15) is 5.10 Å². The molecule has 0 bridgehead atoms. The molecule has 2 rings (SSSR count). The van der Waals surface area contributed by atoms with Gasteiger partial charge in [0, 0.05) is 12.8 Å². The number of amides is 1. The van der Waals surface area contributed by atoms with E-state index in [1.807, 2.05) is 17.8 Å². The van der Waals surface area contributed by atoms with Crippen LogP contribution in [0.5, 0.6) is 0 Å². The number of likely N-dealkylation sites (N-methyl/N-ethyl adjacent to an activating group) is 1. The van der Waals surface area contributed by atoms with Crippen molar-refractivity contribution in [3.8, 4) is 0 Å². The first-order valence-electron chi connectivity index (χ1n) is 6.31. The molecule has 1 aromatic heterocycles. The lowest BCUT2D eigenvalue weighted by Gasteiger charge is -2.10. The van der Waals surface area contributed by atoms with Crippen LogP contribution in [0.25, 0.3) is 0 Å². The highest BCUT2D eigenvalue weighted by Gasteiger charge is 2.17. The summed E-state index contributed by atoms with van der Waals surface area (Å²) in [6, 6.07) is -0.216. The van der Waals surface area contributed by atoms with E-state index in [2.05, 4.69) is 15.7 Å². The number of aromatic nitrogens is 2. The van der Waals surface area contributed by atoms with Crippen LogP contribution < -0.4 is 10.6 Å². The van der Waals surface area contributed by atoms with Crippen LogP contribution in [-0.4, -0.2) is 41.5 Å². The summed E-state index contributed by atoms with van der Waals surface area (Å²) in [4.78, 5) is 11.7. The Morgan fingerprint density at radius 1 is 1.72 bits per heavy atom. The van der Waals surface area contributed by atoms with Crippen LogP contribution in [0.1, 0.15) is 19.8 Å². The van der Waals surface area contributed by atoms with Gasteiger partial charge in [-0.1, -0.05) is 0 Å². The average Bonchev–Trinajstić information content (AvgIpc) is 3.01. The normalized spacial score (nSPS) is 20.9. The molecule has 2 N–H and O–H groups in total. The maximum absolute atomic E-state index is 11.7. The molecule has 1 aromatic rings. The van der Waals surface area contributed by atoms with Crippen LogP contribution in [0.4, 0.5) is 5.69 Å². The van der Waals surface area contributed by atoms with Gasteiger partial charge in [0.1, 0.15) is 0 Å². The molecule has 2 atom stereocenters. The van der Waals surface area contributed by atoms with Crippen molar-refractivity contribution in [3.63, 3.8) is 0 Å². The largest absolute Gasteiger partial charge is 0.376 e. The quantitative estimate of drug-likeness (QED) is 0.805. The van der Waals surface area contributed by atoms with E-state index in [0.29, 0.717) is 0 Å². The predicted molar refractivity (Wildman–Crippen MR) is 68.4 cm³/mol. The summed E-state index contributed by atoms with van der Waals surface area (Å²) in [6.45, 7) is 3.40. The Bertz CT molecular complexity index is 399. The van der Waals surface area contributed by atoms with Crippen LogP contribution in [0.15, 0.2) is 12.4 Å². The van der Waals surface area contributed by atoms with E-state index in [4.69, 9.17) is 4.74 Å². The third-order valence-corrected chi connectivity index (χ3v) is 3.14. The molecule has 18 heavy (non-hydrogen) atoms. The third-order valence-electron chi connectivity index (χ3n) is 3.14. The van der Waals surface area contributed by atoms with Gasteiger partial charge in [-0.05, 0) is 26.8 Å². The van der Waals surface area contributed by atoms with Crippen molar-refractivity contribution in [3.05, 3.63) is 12.4 Å². The second-order valence-corrected chi connectivity index (χ2v) is 4.59. The standard InChI is InChI=1S/C12H20N4O2/c1-9(13-2)12(17)15-10-6-14-16(7-10)8-11-4-3-5-18-11/h6-7,9,11,13H,3-5,8H2,1-2H3,(H,15,17). The first-order valence-corrected chi connectivity index (χ1v) is 6.31. The van der Waals surface area contributed by atoms with Crippen molar-refractivity contribution >= 4 is 11.6 Å². The number of carbonyl (C=O) groups is 1. The molecule has 0 radical (unpaired) electrons. The fourth-order valence-corrected chi connectivity index (χ4v) is 1.91. The fraction of sp³-hybridized carbons (Fsp3) is 0.667. The number of carbonyl (C=O) groups excluding carboxylic acids is 1. The highest BCUT2D eigenvalue weighted by molar-refractivity contribution is 5.94. The number of nitrogens with zero attached hydrogens (tertiary/aromatic N) is 2. The Morgan fingerprint density at radius 3 is 3.22 bits per heavy atom. The lowest BCUT2D eigenvalue weighted by molar-refractivity contribution is -0.117. The molecule has 6 heteroatoms.